The fourth-order valence-electron chi connectivity index (χ4n) is 2.95. The van der Waals surface area contributed by atoms with Crippen molar-refractivity contribution in [1.82, 2.24) is 14.8 Å². The van der Waals surface area contributed by atoms with Crippen molar-refractivity contribution in [2.45, 2.75) is 20.4 Å². The van der Waals surface area contributed by atoms with Gasteiger partial charge in [0.2, 0.25) is 5.91 Å². The van der Waals surface area contributed by atoms with Crippen LogP contribution in [0.2, 0.25) is 0 Å². The molecule has 2 aromatic rings. The van der Waals surface area contributed by atoms with Gasteiger partial charge in [0.1, 0.15) is 0 Å². The molecule has 2 heterocycles. The number of benzene rings is 1. The lowest BCUT2D eigenvalue weighted by Crippen LogP contribution is -2.50. The summed E-state index contributed by atoms with van der Waals surface area (Å²) in [7, 11) is 0. The Labute approximate surface area is 131 Å². The molecule has 1 aromatic heterocycles. The minimum atomic E-state index is 0.237. The van der Waals surface area contributed by atoms with E-state index >= 15 is 0 Å². The lowest BCUT2D eigenvalue weighted by Gasteiger charge is -2.35. The lowest BCUT2D eigenvalue weighted by molar-refractivity contribution is -0.136. The molecule has 4 nitrogen and oxygen atoms in total. The van der Waals surface area contributed by atoms with Gasteiger partial charge < -0.3 is 4.90 Å². The number of piperazine rings is 1. The Bertz CT molecular complexity index is 668. The standard InChI is InChI=1S/C18H23N3O/c1-14(2)11-21-10-9-20(13-18(21)22)12-16-8-7-15-5-3-4-6-17(15)19-16/h3-8,14H,9-13H2,1-2H3. The molecule has 1 saturated heterocycles. The molecule has 0 N–H and O–H groups in total. The third kappa shape index (κ3) is 3.45. The maximum Gasteiger partial charge on any atom is 0.236 e. The van der Waals surface area contributed by atoms with E-state index in [2.05, 4.69) is 36.9 Å². The number of carbonyl (C=O) groups is 1. The monoisotopic (exact) mass is 297 g/mol. The number of para-hydroxylation sites is 1. The normalized spacial score (nSPS) is 16.7. The van der Waals surface area contributed by atoms with Gasteiger partial charge in [-0.25, -0.2) is 0 Å². The molecule has 1 aliphatic rings. The van der Waals surface area contributed by atoms with Crippen LogP contribution in [0.15, 0.2) is 36.4 Å². The maximum absolute atomic E-state index is 12.2. The molecule has 116 valence electrons. The van der Waals surface area contributed by atoms with Crippen LogP contribution in [0.1, 0.15) is 19.5 Å². The fourth-order valence-corrected chi connectivity index (χ4v) is 2.95. The Hall–Kier alpha value is -1.94. The summed E-state index contributed by atoms with van der Waals surface area (Å²) in [5, 5.41) is 1.16. The smallest absolute Gasteiger partial charge is 0.236 e. The van der Waals surface area contributed by atoms with Crippen LogP contribution in [0.3, 0.4) is 0 Å². The predicted octanol–water partition coefficient (Wildman–Crippen LogP) is 2.54. The van der Waals surface area contributed by atoms with Crippen molar-refractivity contribution in [1.29, 1.82) is 0 Å². The summed E-state index contributed by atoms with van der Waals surface area (Å²) in [6, 6.07) is 12.3. The van der Waals surface area contributed by atoms with Crippen molar-refractivity contribution in [3.8, 4) is 0 Å². The first-order valence-corrected chi connectivity index (χ1v) is 7.96. The number of rotatable bonds is 4. The van der Waals surface area contributed by atoms with Crippen molar-refractivity contribution in [2.75, 3.05) is 26.2 Å². The van der Waals surface area contributed by atoms with Gasteiger partial charge in [0.25, 0.3) is 0 Å². The van der Waals surface area contributed by atoms with Gasteiger partial charge in [0, 0.05) is 31.6 Å². The first-order chi connectivity index (χ1) is 10.6. The van der Waals surface area contributed by atoms with Gasteiger partial charge in [0.15, 0.2) is 0 Å². The summed E-state index contributed by atoms with van der Waals surface area (Å²) < 4.78 is 0. The molecular formula is C18H23N3O. The third-order valence-electron chi connectivity index (χ3n) is 4.02. The number of amides is 1. The maximum atomic E-state index is 12.2. The van der Waals surface area contributed by atoms with Crippen LogP contribution in [-0.2, 0) is 11.3 Å². The van der Waals surface area contributed by atoms with E-state index in [4.69, 9.17) is 4.98 Å². The van der Waals surface area contributed by atoms with Crippen molar-refractivity contribution in [3.05, 3.63) is 42.1 Å². The first kappa shape index (κ1) is 15.0. The Balaban J connectivity index is 1.65. The fraction of sp³-hybridized carbons (Fsp3) is 0.444. The molecule has 0 spiro atoms. The Morgan fingerprint density at radius 3 is 2.73 bits per heavy atom. The Kier molecular flexibility index (Phi) is 4.39. The molecule has 1 amide bonds. The quantitative estimate of drug-likeness (QED) is 0.870. The summed E-state index contributed by atoms with van der Waals surface area (Å²) in [5.41, 5.74) is 2.05. The van der Waals surface area contributed by atoms with Crippen LogP contribution in [0, 0.1) is 5.92 Å². The highest BCUT2D eigenvalue weighted by Crippen LogP contribution is 2.14. The summed E-state index contributed by atoms with van der Waals surface area (Å²) in [4.78, 5) is 21.1. The zero-order valence-corrected chi connectivity index (χ0v) is 13.3. The van der Waals surface area contributed by atoms with Crippen molar-refractivity contribution < 1.29 is 4.79 Å². The number of nitrogens with zero attached hydrogens (tertiary/aromatic N) is 3. The summed E-state index contributed by atoms with van der Waals surface area (Å²) in [5.74, 6) is 0.762. The lowest BCUT2D eigenvalue weighted by atomic mass is 10.1. The van der Waals surface area contributed by atoms with Gasteiger partial charge in [-0.1, -0.05) is 38.1 Å². The van der Waals surface area contributed by atoms with Crippen LogP contribution in [0.5, 0.6) is 0 Å². The second kappa shape index (κ2) is 6.44. The van der Waals surface area contributed by atoms with Gasteiger partial charge in [-0.15, -0.1) is 0 Å². The van der Waals surface area contributed by atoms with E-state index in [9.17, 15) is 4.79 Å². The largest absolute Gasteiger partial charge is 0.340 e. The number of pyridine rings is 1. The second-order valence-electron chi connectivity index (χ2n) is 6.44. The number of hydrogen-bond donors (Lipinski definition) is 0. The number of hydrogen-bond acceptors (Lipinski definition) is 3. The van der Waals surface area contributed by atoms with Crippen molar-refractivity contribution in [3.63, 3.8) is 0 Å². The second-order valence-corrected chi connectivity index (χ2v) is 6.44. The molecule has 0 unspecified atom stereocenters. The summed E-state index contributed by atoms with van der Waals surface area (Å²) >= 11 is 0. The van der Waals surface area contributed by atoms with E-state index in [0.717, 1.165) is 42.8 Å². The molecule has 4 heteroatoms. The number of aromatic nitrogens is 1. The van der Waals surface area contributed by atoms with Gasteiger partial charge >= 0.3 is 0 Å². The van der Waals surface area contributed by atoms with Crippen LogP contribution >= 0.6 is 0 Å². The van der Waals surface area contributed by atoms with E-state index < -0.39 is 0 Å². The molecule has 0 radical (unpaired) electrons. The molecule has 1 aromatic carbocycles. The number of carbonyl (C=O) groups excluding carboxylic acids is 1. The first-order valence-electron chi connectivity index (χ1n) is 7.96. The van der Waals surface area contributed by atoms with E-state index in [1.54, 1.807) is 0 Å². The van der Waals surface area contributed by atoms with E-state index in [1.165, 1.54) is 0 Å². The SMILES string of the molecule is CC(C)CN1CCN(Cc2ccc3ccccc3n2)CC1=O. The van der Waals surface area contributed by atoms with Gasteiger partial charge in [0.05, 0.1) is 17.8 Å². The van der Waals surface area contributed by atoms with Crippen LogP contribution in [0.4, 0.5) is 0 Å². The van der Waals surface area contributed by atoms with Gasteiger partial charge in [-0.05, 0) is 18.1 Å². The molecule has 0 bridgehead atoms. The van der Waals surface area contributed by atoms with E-state index in [0.29, 0.717) is 12.5 Å². The molecule has 3 rings (SSSR count). The highest BCUT2D eigenvalue weighted by Gasteiger charge is 2.24. The van der Waals surface area contributed by atoms with Crippen molar-refractivity contribution in [2.24, 2.45) is 5.92 Å². The topological polar surface area (TPSA) is 36.4 Å². The van der Waals surface area contributed by atoms with E-state index in [-0.39, 0.29) is 5.91 Å². The van der Waals surface area contributed by atoms with Gasteiger partial charge in [-0.2, -0.15) is 0 Å². The van der Waals surface area contributed by atoms with Crippen LogP contribution < -0.4 is 0 Å². The minimum absolute atomic E-state index is 0.237. The zero-order chi connectivity index (χ0) is 15.5. The molecule has 0 saturated carbocycles. The Morgan fingerprint density at radius 1 is 1.14 bits per heavy atom. The third-order valence-corrected chi connectivity index (χ3v) is 4.02. The minimum Gasteiger partial charge on any atom is -0.340 e. The van der Waals surface area contributed by atoms with E-state index in [1.807, 2.05) is 23.1 Å². The Morgan fingerprint density at radius 2 is 1.95 bits per heavy atom. The van der Waals surface area contributed by atoms with Crippen LogP contribution in [0.25, 0.3) is 10.9 Å². The molecule has 1 aliphatic heterocycles. The molecule has 0 aliphatic carbocycles. The van der Waals surface area contributed by atoms with Gasteiger partial charge in [-0.3, -0.25) is 14.7 Å². The predicted molar refractivity (Wildman–Crippen MR) is 88.4 cm³/mol. The summed E-state index contributed by atoms with van der Waals surface area (Å²) in [6.45, 7) is 8.16. The molecule has 1 fully saturated rings. The molecule has 0 atom stereocenters. The molecule has 22 heavy (non-hydrogen) atoms. The average molecular weight is 297 g/mol. The average Bonchev–Trinajstić information content (AvgIpc) is 2.49. The zero-order valence-electron chi connectivity index (χ0n) is 13.3. The van der Waals surface area contributed by atoms with Crippen molar-refractivity contribution >= 4 is 16.8 Å². The summed E-state index contributed by atoms with van der Waals surface area (Å²) in [6.07, 6.45) is 0. The molecular weight excluding hydrogens is 274 g/mol. The number of fused-ring (bicyclic) bond motifs is 1. The highest BCUT2D eigenvalue weighted by atomic mass is 16.2. The van der Waals surface area contributed by atoms with Crippen LogP contribution in [-0.4, -0.2) is 46.9 Å². The highest BCUT2D eigenvalue weighted by molar-refractivity contribution is 5.79.